The maximum absolute atomic E-state index is 9.81. The van der Waals surface area contributed by atoms with Crippen LogP contribution in [0.3, 0.4) is 0 Å². The van der Waals surface area contributed by atoms with Crippen LogP contribution in [-0.2, 0) is 12.0 Å². The topological polar surface area (TPSA) is 62.4 Å². The lowest BCUT2D eigenvalue weighted by Gasteiger charge is -2.36. The van der Waals surface area contributed by atoms with Gasteiger partial charge in [-0.25, -0.2) is 0 Å². The first-order valence-corrected chi connectivity index (χ1v) is 7.20. The predicted octanol–water partition coefficient (Wildman–Crippen LogP) is 1.85. The molecule has 106 valence electrons. The maximum atomic E-state index is 9.81. The van der Waals surface area contributed by atoms with Crippen molar-refractivity contribution in [3.05, 3.63) is 11.7 Å². The molecule has 1 N–H and O–H groups in total. The van der Waals surface area contributed by atoms with E-state index in [4.69, 9.17) is 4.52 Å². The Morgan fingerprint density at radius 1 is 1.26 bits per heavy atom. The van der Waals surface area contributed by atoms with Crippen molar-refractivity contribution in [1.82, 2.24) is 15.0 Å². The van der Waals surface area contributed by atoms with E-state index >= 15 is 0 Å². The van der Waals surface area contributed by atoms with Gasteiger partial charge in [0.05, 0.1) is 12.6 Å². The van der Waals surface area contributed by atoms with Gasteiger partial charge >= 0.3 is 0 Å². The zero-order valence-corrected chi connectivity index (χ0v) is 12.0. The summed E-state index contributed by atoms with van der Waals surface area (Å²) in [7, 11) is 0. The standard InChI is InChI=1S/C14H23N3O2/c1-14(2,3)13-15-12(16-19-13)8-17-9-4-5-10(17)7-11(18)6-9/h9-11,18H,4-8H2,1-3H3. The molecule has 0 radical (unpaired) electrons. The molecule has 2 aliphatic rings. The van der Waals surface area contributed by atoms with E-state index in [0.29, 0.717) is 18.0 Å². The van der Waals surface area contributed by atoms with E-state index in [1.165, 1.54) is 12.8 Å². The number of rotatable bonds is 2. The Hall–Kier alpha value is -0.940. The van der Waals surface area contributed by atoms with E-state index in [1.54, 1.807) is 0 Å². The van der Waals surface area contributed by atoms with Gasteiger partial charge in [0.15, 0.2) is 5.82 Å². The molecule has 19 heavy (non-hydrogen) atoms. The molecule has 2 atom stereocenters. The van der Waals surface area contributed by atoms with Gasteiger partial charge in [-0.2, -0.15) is 4.98 Å². The van der Waals surface area contributed by atoms with Crippen LogP contribution in [0.1, 0.15) is 58.2 Å². The third kappa shape index (κ3) is 2.54. The minimum absolute atomic E-state index is 0.0949. The summed E-state index contributed by atoms with van der Waals surface area (Å²) in [5.74, 6) is 1.48. The van der Waals surface area contributed by atoms with E-state index in [-0.39, 0.29) is 11.5 Å². The molecule has 5 nitrogen and oxygen atoms in total. The first-order valence-electron chi connectivity index (χ1n) is 7.20. The van der Waals surface area contributed by atoms with Crippen LogP contribution in [0.5, 0.6) is 0 Å². The van der Waals surface area contributed by atoms with Gasteiger partial charge in [0.25, 0.3) is 0 Å². The minimum Gasteiger partial charge on any atom is -0.393 e. The SMILES string of the molecule is CC(C)(C)c1nc(CN2C3CCC2CC(O)C3)no1. The van der Waals surface area contributed by atoms with Crippen LogP contribution in [0, 0.1) is 0 Å². The summed E-state index contributed by atoms with van der Waals surface area (Å²) in [6.45, 7) is 6.98. The van der Waals surface area contributed by atoms with Gasteiger partial charge in [0, 0.05) is 17.5 Å². The molecule has 2 aliphatic heterocycles. The molecule has 3 rings (SSSR count). The van der Waals surface area contributed by atoms with Gasteiger partial charge in [-0.05, 0) is 25.7 Å². The second-order valence-electron chi connectivity index (χ2n) is 6.95. The summed E-state index contributed by atoms with van der Waals surface area (Å²) in [5.41, 5.74) is -0.0949. The highest BCUT2D eigenvalue weighted by atomic mass is 16.5. The molecule has 2 saturated heterocycles. The molecule has 0 spiro atoms. The molecular formula is C14H23N3O2. The van der Waals surface area contributed by atoms with Crippen LogP contribution in [0.2, 0.25) is 0 Å². The lowest BCUT2D eigenvalue weighted by molar-refractivity contribution is 0.0293. The van der Waals surface area contributed by atoms with Crippen molar-refractivity contribution in [2.24, 2.45) is 0 Å². The fourth-order valence-electron chi connectivity index (χ4n) is 3.29. The normalized spacial score (nSPS) is 31.9. The van der Waals surface area contributed by atoms with Crippen molar-refractivity contribution in [3.8, 4) is 0 Å². The van der Waals surface area contributed by atoms with Crippen LogP contribution in [0.4, 0.5) is 0 Å². The molecule has 0 saturated carbocycles. The van der Waals surface area contributed by atoms with Gasteiger partial charge in [0.2, 0.25) is 5.89 Å². The van der Waals surface area contributed by atoms with E-state index in [0.717, 1.165) is 25.2 Å². The van der Waals surface area contributed by atoms with E-state index < -0.39 is 0 Å². The number of fused-ring (bicyclic) bond motifs is 2. The number of hydrogen-bond donors (Lipinski definition) is 1. The van der Waals surface area contributed by atoms with Crippen molar-refractivity contribution in [1.29, 1.82) is 0 Å². The van der Waals surface area contributed by atoms with E-state index in [9.17, 15) is 5.11 Å². The molecule has 0 aliphatic carbocycles. The third-order valence-corrected chi connectivity index (χ3v) is 4.29. The molecule has 1 aromatic rings. The fourth-order valence-corrected chi connectivity index (χ4v) is 3.29. The highest BCUT2D eigenvalue weighted by Crippen LogP contribution is 2.36. The molecule has 0 aromatic carbocycles. The van der Waals surface area contributed by atoms with Crippen LogP contribution >= 0.6 is 0 Å². The van der Waals surface area contributed by atoms with Crippen molar-refractivity contribution < 1.29 is 9.63 Å². The van der Waals surface area contributed by atoms with Crippen molar-refractivity contribution in [3.63, 3.8) is 0 Å². The lowest BCUT2D eigenvalue weighted by Crippen LogP contribution is -2.44. The van der Waals surface area contributed by atoms with Crippen molar-refractivity contribution >= 4 is 0 Å². The highest BCUT2D eigenvalue weighted by molar-refractivity contribution is 5.01. The van der Waals surface area contributed by atoms with Gasteiger partial charge in [-0.1, -0.05) is 25.9 Å². The Morgan fingerprint density at radius 2 is 1.89 bits per heavy atom. The van der Waals surface area contributed by atoms with Crippen LogP contribution in [0.15, 0.2) is 4.52 Å². The monoisotopic (exact) mass is 265 g/mol. The zero-order valence-electron chi connectivity index (χ0n) is 12.0. The summed E-state index contributed by atoms with van der Waals surface area (Å²) in [6, 6.07) is 0.982. The number of aliphatic hydroxyl groups is 1. The summed E-state index contributed by atoms with van der Waals surface area (Å²) < 4.78 is 5.35. The fraction of sp³-hybridized carbons (Fsp3) is 0.857. The average molecular weight is 265 g/mol. The second-order valence-corrected chi connectivity index (χ2v) is 6.95. The van der Waals surface area contributed by atoms with Gasteiger partial charge < -0.3 is 9.63 Å². The number of hydrogen-bond acceptors (Lipinski definition) is 5. The molecule has 2 unspecified atom stereocenters. The number of aliphatic hydroxyl groups excluding tert-OH is 1. The molecule has 2 bridgehead atoms. The van der Waals surface area contributed by atoms with Crippen molar-refractivity contribution in [2.75, 3.05) is 0 Å². The largest absolute Gasteiger partial charge is 0.393 e. The Balaban J connectivity index is 1.71. The highest BCUT2D eigenvalue weighted by Gasteiger charge is 2.40. The molecule has 3 heterocycles. The molecular weight excluding hydrogens is 242 g/mol. The van der Waals surface area contributed by atoms with Crippen LogP contribution < -0.4 is 0 Å². The van der Waals surface area contributed by atoms with Crippen LogP contribution in [0.25, 0.3) is 0 Å². The minimum atomic E-state index is -0.121. The predicted molar refractivity (Wildman–Crippen MR) is 70.6 cm³/mol. The van der Waals surface area contributed by atoms with Gasteiger partial charge in [-0.15, -0.1) is 0 Å². The van der Waals surface area contributed by atoms with Gasteiger partial charge in [0.1, 0.15) is 0 Å². The average Bonchev–Trinajstić information content (AvgIpc) is 2.85. The number of nitrogens with zero attached hydrogens (tertiary/aromatic N) is 3. The number of aromatic nitrogens is 2. The van der Waals surface area contributed by atoms with E-state index in [1.807, 2.05) is 0 Å². The Bertz CT molecular complexity index is 438. The first kappa shape index (κ1) is 13.1. The van der Waals surface area contributed by atoms with Crippen molar-refractivity contribution in [2.45, 2.75) is 76.6 Å². The summed E-state index contributed by atoms with van der Waals surface area (Å²) in [4.78, 5) is 6.96. The molecule has 2 fully saturated rings. The summed E-state index contributed by atoms with van der Waals surface area (Å²) in [6.07, 6.45) is 4.03. The molecule has 0 amide bonds. The smallest absolute Gasteiger partial charge is 0.232 e. The molecule has 1 aromatic heterocycles. The third-order valence-electron chi connectivity index (χ3n) is 4.29. The Labute approximate surface area is 114 Å². The lowest BCUT2D eigenvalue weighted by atomic mass is 9.97. The number of piperidine rings is 1. The summed E-state index contributed by atoms with van der Waals surface area (Å²) >= 11 is 0. The van der Waals surface area contributed by atoms with Crippen LogP contribution in [-0.4, -0.2) is 38.3 Å². The van der Waals surface area contributed by atoms with Gasteiger partial charge in [-0.3, -0.25) is 4.90 Å². The summed E-state index contributed by atoms with van der Waals surface area (Å²) in [5, 5.41) is 13.9. The first-order chi connectivity index (χ1) is 8.93. The quantitative estimate of drug-likeness (QED) is 0.884. The van der Waals surface area contributed by atoms with E-state index in [2.05, 4.69) is 35.8 Å². The molecule has 5 heteroatoms. The Kier molecular flexibility index (Phi) is 3.14. The zero-order chi connectivity index (χ0) is 13.6. The maximum Gasteiger partial charge on any atom is 0.232 e. The Morgan fingerprint density at radius 3 is 2.42 bits per heavy atom. The second kappa shape index (κ2) is 4.56.